The molecule has 1 fully saturated rings. The number of aromatic nitrogens is 3. The fourth-order valence-electron chi connectivity index (χ4n) is 3.16. The van der Waals surface area contributed by atoms with Gasteiger partial charge >= 0.3 is 5.97 Å². The van der Waals surface area contributed by atoms with Gasteiger partial charge in [-0.3, -0.25) is 0 Å². The molecule has 1 saturated carbocycles. The molecule has 5 nitrogen and oxygen atoms in total. The number of halogens is 2. The van der Waals surface area contributed by atoms with E-state index in [1.54, 1.807) is 25.1 Å². The summed E-state index contributed by atoms with van der Waals surface area (Å²) in [7, 11) is 0. The minimum absolute atomic E-state index is 0.205. The van der Waals surface area contributed by atoms with E-state index < -0.39 is 5.97 Å². The molecule has 4 rings (SSSR count). The predicted octanol–water partition coefficient (Wildman–Crippen LogP) is 3.97. The van der Waals surface area contributed by atoms with Gasteiger partial charge in [-0.1, -0.05) is 23.7 Å². The molecule has 0 spiro atoms. The van der Waals surface area contributed by atoms with E-state index in [1.807, 2.05) is 0 Å². The van der Waals surface area contributed by atoms with Crippen molar-refractivity contribution in [3.63, 3.8) is 0 Å². The molecule has 1 aliphatic carbocycles. The van der Waals surface area contributed by atoms with E-state index in [4.69, 9.17) is 16.3 Å². The largest absolute Gasteiger partial charge is 0.461 e. The third-order valence-electron chi connectivity index (χ3n) is 4.40. The number of imidazole rings is 1. The molecule has 1 aromatic carbocycles. The number of benzene rings is 1. The number of esters is 1. The maximum atomic E-state index is 13.1. The first-order valence-corrected chi connectivity index (χ1v) is 8.43. The average molecular weight is 360 g/mol. The molecule has 0 N–H and O–H groups in total. The molecule has 3 aromatic rings. The van der Waals surface area contributed by atoms with Crippen molar-refractivity contribution in [3.05, 3.63) is 64.3 Å². The van der Waals surface area contributed by atoms with Crippen LogP contribution in [0.25, 0.3) is 5.65 Å². The van der Waals surface area contributed by atoms with Crippen LogP contribution < -0.4 is 0 Å². The second kappa shape index (κ2) is 6.11. The summed E-state index contributed by atoms with van der Waals surface area (Å²) < 4.78 is 19.6. The number of rotatable bonds is 4. The molecule has 2 heterocycles. The maximum absolute atomic E-state index is 13.1. The highest BCUT2D eigenvalue weighted by Crippen LogP contribution is 2.55. The zero-order chi connectivity index (χ0) is 17.6. The number of ether oxygens (including phenoxy) is 1. The Bertz CT molecular complexity index is 955. The molecule has 128 valence electrons. The molecule has 2 atom stereocenters. The minimum atomic E-state index is -0.485. The van der Waals surface area contributed by atoms with Gasteiger partial charge in [0.05, 0.1) is 12.8 Å². The van der Waals surface area contributed by atoms with Gasteiger partial charge in [0.15, 0.2) is 11.3 Å². The second-order valence-electron chi connectivity index (χ2n) is 6.04. The lowest BCUT2D eigenvalue weighted by atomic mass is 10.1. The van der Waals surface area contributed by atoms with Crippen molar-refractivity contribution in [2.75, 3.05) is 6.61 Å². The van der Waals surface area contributed by atoms with Gasteiger partial charge in [-0.05, 0) is 48.9 Å². The van der Waals surface area contributed by atoms with E-state index in [0.29, 0.717) is 10.8 Å². The van der Waals surface area contributed by atoms with Crippen LogP contribution in [-0.2, 0) is 4.74 Å². The van der Waals surface area contributed by atoms with Crippen molar-refractivity contribution in [3.8, 4) is 0 Å². The molecule has 0 unspecified atom stereocenters. The second-order valence-corrected chi connectivity index (χ2v) is 6.42. The van der Waals surface area contributed by atoms with Gasteiger partial charge in [0.2, 0.25) is 0 Å². The molecular weight excluding hydrogens is 345 g/mol. The summed E-state index contributed by atoms with van der Waals surface area (Å²) in [6.45, 7) is 2.02. The highest BCUT2D eigenvalue weighted by atomic mass is 35.5. The molecule has 2 aromatic heterocycles. The Labute approximate surface area is 148 Å². The van der Waals surface area contributed by atoms with Crippen molar-refractivity contribution in [1.82, 2.24) is 14.6 Å². The van der Waals surface area contributed by atoms with Crippen molar-refractivity contribution >= 4 is 23.2 Å². The number of carbonyl (C=O) groups is 1. The number of carbonyl (C=O) groups excluding carboxylic acids is 1. The SMILES string of the molecule is CCOC(=O)c1cn2nc(Cl)cc([C@H]3C[C@@H]3c3ccc(F)cc3)c2n1. The zero-order valence-corrected chi connectivity index (χ0v) is 14.2. The van der Waals surface area contributed by atoms with Crippen LogP contribution >= 0.6 is 11.6 Å². The summed E-state index contributed by atoms with van der Waals surface area (Å²) in [4.78, 5) is 16.3. The van der Waals surface area contributed by atoms with Gasteiger partial charge in [-0.15, -0.1) is 0 Å². The molecule has 25 heavy (non-hydrogen) atoms. The van der Waals surface area contributed by atoms with Crippen LogP contribution in [-0.4, -0.2) is 27.2 Å². The highest BCUT2D eigenvalue weighted by Gasteiger charge is 2.41. The molecule has 0 saturated heterocycles. The van der Waals surface area contributed by atoms with Crippen molar-refractivity contribution in [2.24, 2.45) is 0 Å². The topological polar surface area (TPSA) is 56.5 Å². The first-order chi connectivity index (χ1) is 12.1. The predicted molar refractivity (Wildman–Crippen MR) is 90.5 cm³/mol. The average Bonchev–Trinajstić information content (AvgIpc) is 3.26. The van der Waals surface area contributed by atoms with Gasteiger partial charge in [0.1, 0.15) is 11.0 Å². The summed E-state index contributed by atoms with van der Waals surface area (Å²) in [5.74, 6) is -0.236. The Balaban J connectivity index is 1.70. The summed E-state index contributed by atoms with van der Waals surface area (Å²) in [6.07, 6.45) is 2.45. The van der Waals surface area contributed by atoms with E-state index in [2.05, 4.69) is 10.1 Å². The number of fused-ring (bicyclic) bond motifs is 1. The quantitative estimate of drug-likeness (QED) is 0.661. The van der Waals surface area contributed by atoms with Gasteiger partial charge in [-0.2, -0.15) is 5.10 Å². The first kappa shape index (κ1) is 16.0. The van der Waals surface area contributed by atoms with Crippen LogP contribution in [0.4, 0.5) is 4.39 Å². The Morgan fingerprint density at radius 2 is 2.12 bits per heavy atom. The lowest BCUT2D eigenvalue weighted by Crippen LogP contribution is -2.04. The van der Waals surface area contributed by atoms with Crippen LogP contribution in [0.2, 0.25) is 5.15 Å². The molecule has 7 heteroatoms. The van der Waals surface area contributed by atoms with Gasteiger partial charge in [0, 0.05) is 5.56 Å². The fourth-order valence-corrected chi connectivity index (χ4v) is 3.36. The fraction of sp³-hybridized carbons (Fsp3) is 0.278. The summed E-state index contributed by atoms with van der Waals surface area (Å²) >= 11 is 6.13. The molecule has 0 aliphatic heterocycles. The number of nitrogens with zero attached hydrogens (tertiary/aromatic N) is 3. The standard InChI is InChI=1S/C18H15ClFN3O2/c1-2-25-18(24)15-9-23-17(21-15)14(8-16(19)22-23)13-7-12(13)10-3-5-11(20)6-4-10/h3-6,8-9,12-13H,2,7H2,1H3/t12-,13+/m1/s1. The maximum Gasteiger partial charge on any atom is 0.358 e. The molecular formula is C18H15ClFN3O2. The Hall–Kier alpha value is -2.47. The third kappa shape index (κ3) is 2.98. The van der Waals surface area contributed by atoms with E-state index in [0.717, 1.165) is 17.5 Å². The summed E-state index contributed by atoms with van der Waals surface area (Å²) in [5, 5.41) is 4.51. The molecule has 0 bridgehead atoms. The molecule has 0 amide bonds. The van der Waals surface area contributed by atoms with Crippen molar-refractivity contribution < 1.29 is 13.9 Å². The van der Waals surface area contributed by atoms with Crippen molar-refractivity contribution in [1.29, 1.82) is 0 Å². The van der Waals surface area contributed by atoms with Gasteiger partial charge < -0.3 is 4.74 Å². The monoisotopic (exact) mass is 359 g/mol. The third-order valence-corrected chi connectivity index (χ3v) is 4.58. The Kier molecular flexibility index (Phi) is 3.92. The lowest BCUT2D eigenvalue weighted by molar-refractivity contribution is 0.0520. The Morgan fingerprint density at radius 3 is 2.84 bits per heavy atom. The Morgan fingerprint density at radius 1 is 1.36 bits per heavy atom. The van der Waals surface area contributed by atoms with Gasteiger partial charge in [-0.25, -0.2) is 18.7 Å². The van der Waals surface area contributed by atoms with E-state index in [-0.39, 0.29) is 30.0 Å². The lowest BCUT2D eigenvalue weighted by Gasteiger charge is -2.04. The zero-order valence-electron chi connectivity index (χ0n) is 13.4. The van der Waals surface area contributed by atoms with Crippen LogP contribution in [0.3, 0.4) is 0 Å². The number of hydrogen-bond acceptors (Lipinski definition) is 4. The van der Waals surface area contributed by atoms with Gasteiger partial charge in [0.25, 0.3) is 0 Å². The van der Waals surface area contributed by atoms with E-state index in [1.165, 1.54) is 22.8 Å². The first-order valence-electron chi connectivity index (χ1n) is 8.05. The van der Waals surface area contributed by atoms with Crippen LogP contribution in [0, 0.1) is 5.82 Å². The van der Waals surface area contributed by atoms with Crippen LogP contribution in [0.1, 0.15) is 46.8 Å². The molecule has 1 aliphatic rings. The van der Waals surface area contributed by atoms with Crippen LogP contribution in [0.5, 0.6) is 0 Å². The number of hydrogen-bond donors (Lipinski definition) is 0. The molecule has 0 radical (unpaired) electrons. The smallest absolute Gasteiger partial charge is 0.358 e. The highest BCUT2D eigenvalue weighted by molar-refractivity contribution is 6.29. The van der Waals surface area contributed by atoms with E-state index in [9.17, 15) is 9.18 Å². The van der Waals surface area contributed by atoms with Crippen LogP contribution in [0.15, 0.2) is 36.5 Å². The minimum Gasteiger partial charge on any atom is -0.461 e. The normalized spacial score (nSPS) is 19.2. The van der Waals surface area contributed by atoms with Crippen molar-refractivity contribution in [2.45, 2.75) is 25.2 Å². The summed E-state index contributed by atoms with van der Waals surface area (Å²) in [6, 6.07) is 8.32. The summed E-state index contributed by atoms with van der Waals surface area (Å²) in [5.41, 5.74) is 2.82. The van der Waals surface area contributed by atoms with E-state index >= 15 is 0 Å².